The number of aryl methyl sites for hydroxylation is 2. The third-order valence-electron chi connectivity index (χ3n) is 2.87. The minimum absolute atomic E-state index is 0.415. The lowest BCUT2D eigenvalue weighted by Crippen LogP contribution is -2.21. The van der Waals surface area contributed by atoms with E-state index in [1.165, 1.54) is 0 Å². The van der Waals surface area contributed by atoms with Gasteiger partial charge >= 0.3 is 0 Å². The zero-order chi connectivity index (χ0) is 14.8. The molecule has 108 valence electrons. The fraction of sp³-hybridized carbons (Fsp3) is 0.250. The van der Waals surface area contributed by atoms with Gasteiger partial charge in [-0.3, -0.25) is 9.82 Å². The fourth-order valence-corrected chi connectivity index (χ4v) is 2.34. The lowest BCUT2D eigenvalue weighted by atomic mass is 10.2. The molecular weight excluding hydrogens is 278 g/mol. The van der Waals surface area contributed by atoms with Crippen molar-refractivity contribution < 1.29 is 8.42 Å². The Kier molecular flexibility index (Phi) is 3.96. The molecule has 0 radical (unpaired) electrons. The molecule has 0 amide bonds. The molecule has 20 heavy (non-hydrogen) atoms. The minimum Gasteiger partial charge on any atom is -0.381 e. The van der Waals surface area contributed by atoms with Crippen LogP contribution in [0.25, 0.3) is 0 Å². The van der Waals surface area contributed by atoms with Gasteiger partial charge in [0.25, 0.3) is 10.2 Å². The van der Waals surface area contributed by atoms with Gasteiger partial charge in [-0.1, -0.05) is 6.07 Å². The van der Waals surface area contributed by atoms with Crippen molar-refractivity contribution in [1.82, 2.24) is 10.2 Å². The predicted octanol–water partition coefficient (Wildman–Crippen LogP) is 1.25. The minimum atomic E-state index is -3.76. The number of nitrogens with one attached hydrogen (secondary N) is 3. The van der Waals surface area contributed by atoms with E-state index in [-0.39, 0.29) is 0 Å². The molecule has 1 aromatic heterocycles. The molecule has 1 aromatic carbocycles. The van der Waals surface area contributed by atoms with Crippen molar-refractivity contribution in [1.29, 1.82) is 0 Å². The molecule has 2 aromatic rings. The van der Waals surface area contributed by atoms with E-state index in [2.05, 4.69) is 20.2 Å². The second kappa shape index (κ2) is 5.51. The van der Waals surface area contributed by atoms with E-state index >= 15 is 0 Å². The summed E-state index contributed by atoms with van der Waals surface area (Å²) in [5.74, 6) is 0. The Morgan fingerprint density at radius 1 is 1.30 bits per heavy atom. The number of benzene rings is 1. The Labute approximate surface area is 117 Å². The number of aromatic amines is 1. The molecule has 7 nitrogen and oxygen atoms in total. The van der Waals surface area contributed by atoms with Gasteiger partial charge in [0, 0.05) is 23.5 Å². The van der Waals surface area contributed by atoms with Gasteiger partial charge < -0.3 is 5.32 Å². The summed E-state index contributed by atoms with van der Waals surface area (Å²) in [6.07, 6.45) is 0. The quantitative estimate of drug-likeness (QED) is 0.665. The van der Waals surface area contributed by atoms with Crippen molar-refractivity contribution >= 4 is 21.6 Å². The molecule has 0 fully saturated rings. The van der Waals surface area contributed by atoms with Crippen LogP contribution in [0.15, 0.2) is 24.3 Å². The van der Waals surface area contributed by atoms with Gasteiger partial charge in [-0.25, -0.2) is 5.14 Å². The Morgan fingerprint density at radius 3 is 2.60 bits per heavy atom. The normalized spacial score (nSPS) is 11.3. The largest absolute Gasteiger partial charge is 0.381 e. The van der Waals surface area contributed by atoms with Crippen molar-refractivity contribution in [3.05, 3.63) is 41.2 Å². The molecule has 0 saturated heterocycles. The Morgan fingerprint density at radius 2 is 2.00 bits per heavy atom. The van der Waals surface area contributed by atoms with Crippen molar-refractivity contribution in [2.24, 2.45) is 5.14 Å². The number of hydrogen-bond acceptors (Lipinski definition) is 4. The van der Waals surface area contributed by atoms with Crippen LogP contribution in [0.2, 0.25) is 0 Å². The second-order valence-electron chi connectivity index (χ2n) is 4.49. The maximum absolute atomic E-state index is 11.0. The molecule has 0 bridgehead atoms. The van der Waals surface area contributed by atoms with Gasteiger partial charge in [-0.15, -0.1) is 0 Å². The van der Waals surface area contributed by atoms with E-state index in [1.54, 1.807) is 18.2 Å². The highest BCUT2D eigenvalue weighted by Crippen LogP contribution is 2.18. The first-order valence-electron chi connectivity index (χ1n) is 6.00. The van der Waals surface area contributed by atoms with Gasteiger partial charge in [0.05, 0.1) is 11.4 Å². The Bertz CT molecular complexity index is 689. The Hall–Kier alpha value is -2.06. The van der Waals surface area contributed by atoms with E-state index < -0.39 is 10.2 Å². The second-order valence-corrected chi connectivity index (χ2v) is 5.79. The number of H-pyrrole nitrogens is 1. The SMILES string of the molecule is Cc1n[nH]c(C)c1CNc1cccc(NS(N)(=O)=O)c1. The van der Waals surface area contributed by atoms with Crippen LogP contribution in [0.1, 0.15) is 17.0 Å². The van der Waals surface area contributed by atoms with Crippen molar-refractivity contribution in [3.8, 4) is 0 Å². The number of aromatic nitrogens is 2. The monoisotopic (exact) mass is 295 g/mol. The van der Waals surface area contributed by atoms with Crippen LogP contribution in [0.3, 0.4) is 0 Å². The standard InChI is InChI=1S/C12H17N5O2S/c1-8-12(9(2)16-15-8)7-14-10-4-3-5-11(6-10)17-20(13,18)19/h3-6,14,17H,7H2,1-2H3,(H,15,16)(H2,13,18,19). The summed E-state index contributed by atoms with van der Waals surface area (Å²) in [5, 5.41) is 15.2. The molecule has 0 aliphatic rings. The molecule has 2 rings (SSSR count). The highest BCUT2D eigenvalue weighted by atomic mass is 32.2. The smallest absolute Gasteiger partial charge is 0.296 e. The van der Waals surface area contributed by atoms with Gasteiger partial charge in [0.15, 0.2) is 0 Å². The van der Waals surface area contributed by atoms with Crippen LogP contribution >= 0.6 is 0 Å². The van der Waals surface area contributed by atoms with Crippen molar-refractivity contribution in [3.63, 3.8) is 0 Å². The van der Waals surface area contributed by atoms with Crippen LogP contribution in [-0.4, -0.2) is 18.6 Å². The van der Waals surface area contributed by atoms with E-state index in [0.717, 1.165) is 22.6 Å². The lowest BCUT2D eigenvalue weighted by Gasteiger charge is -2.09. The first kappa shape index (κ1) is 14.4. The lowest BCUT2D eigenvalue weighted by molar-refractivity contribution is 0.603. The molecule has 0 aliphatic heterocycles. The highest BCUT2D eigenvalue weighted by Gasteiger charge is 2.06. The molecule has 8 heteroatoms. The van der Waals surface area contributed by atoms with E-state index in [1.807, 2.05) is 19.9 Å². The topological polar surface area (TPSA) is 113 Å². The average molecular weight is 295 g/mol. The van der Waals surface area contributed by atoms with Crippen LogP contribution in [-0.2, 0) is 16.8 Å². The number of hydrogen-bond donors (Lipinski definition) is 4. The molecular formula is C12H17N5O2S. The predicted molar refractivity (Wildman–Crippen MR) is 78.6 cm³/mol. The molecule has 0 aliphatic carbocycles. The zero-order valence-electron chi connectivity index (χ0n) is 11.3. The molecule has 0 saturated carbocycles. The average Bonchev–Trinajstić information content (AvgIpc) is 2.65. The van der Waals surface area contributed by atoms with Crippen LogP contribution in [0, 0.1) is 13.8 Å². The van der Waals surface area contributed by atoms with Gasteiger partial charge in [-0.2, -0.15) is 13.5 Å². The summed E-state index contributed by atoms with van der Waals surface area (Å²) >= 11 is 0. The number of rotatable bonds is 5. The highest BCUT2D eigenvalue weighted by molar-refractivity contribution is 7.90. The van der Waals surface area contributed by atoms with E-state index in [0.29, 0.717) is 12.2 Å². The van der Waals surface area contributed by atoms with Gasteiger partial charge in [-0.05, 0) is 32.0 Å². The van der Waals surface area contributed by atoms with Crippen LogP contribution in [0.5, 0.6) is 0 Å². The Balaban J connectivity index is 2.09. The molecule has 0 spiro atoms. The molecule has 1 heterocycles. The summed E-state index contributed by atoms with van der Waals surface area (Å²) in [4.78, 5) is 0. The zero-order valence-corrected chi connectivity index (χ0v) is 12.1. The number of nitrogens with two attached hydrogens (primary N) is 1. The number of nitrogens with zero attached hydrogens (tertiary/aromatic N) is 1. The first-order chi connectivity index (χ1) is 9.35. The van der Waals surface area contributed by atoms with Crippen molar-refractivity contribution in [2.45, 2.75) is 20.4 Å². The van der Waals surface area contributed by atoms with Gasteiger partial charge in [0.2, 0.25) is 0 Å². The van der Waals surface area contributed by atoms with Crippen LogP contribution < -0.4 is 15.2 Å². The molecule has 0 unspecified atom stereocenters. The van der Waals surface area contributed by atoms with Crippen LogP contribution in [0.4, 0.5) is 11.4 Å². The maximum atomic E-state index is 11.0. The maximum Gasteiger partial charge on any atom is 0.296 e. The van der Waals surface area contributed by atoms with Crippen molar-refractivity contribution in [2.75, 3.05) is 10.0 Å². The molecule has 0 atom stereocenters. The first-order valence-corrected chi connectivity index (χ1v) is 7.55. The third-order valence-corrected chi connectivity index (χ3v) is 3.39. The summed E-state index contributed by atoms with van der Waals surface area (Å²) in [6, 6.07) is 6.89. The molecule has 5 N–H and O–H groups in total. The van der Waals surface area contributed by atoms with E-state index in [4.69, 9.17) is 5.14 Å². The summed E-state index contributed by atoms with van der Waals surface area (Å²) in [5.41, 5.74) is 4.24. The fourth-order valence-electron chi connectivity index (χ4n) is 1.88. The summed E-state index contributed by atoms with van der Waals surface area (Å²) in [7, 11) is -3.76. The third kappa shape index (κ3) is 3.72. The number of anilines is 2. The summed E-state index contributed by atoms with van der Waals surface area (Å²) in [6.45, 7) is 4.49. The van der Waals surface area contributed by atoms with Gasteiger partial charge in [0.1, 0.15) is 0 Å². The van der Waals surface area contributed by atoms with E-state index in [9.17, 15) is 8.42 Å². The summed E-state index contributed by atoms with van der Waals surface area (Å²) < 4.78 is 24.2.